The van der Waals surface area contributed by atoms with Crippen molar-refractivity contribution in [3.05, 3.63) is 16.1 Å². The van der Waals surface area contributed by atoms with E-state index in [1.54, 1.807) is 11.3 Å². The van der Waals surface area contributed by atoms with Crippen LogP contribution in [0, 0.1) is 5.92 Å². The number of ether oxygens (including phenoxy) is 1. The zero-order valence-corrected chi connectivity index (χ0v) is 10.1. The van der Waals surface area contributed by atoms with E-state index in [2.05, 4.69) is 22.6 Å². The van der Waals surface area contributed by atoms with Crippen molar-refractivity contribution in [3.8, 4) is 0 Å². The first-order chi connectivity index (χ1) is 7.35. The van der Waals surface area contributed by atoms with E-state index >= 15 is 0 Å². The highest BCUT2D eigenvalue weighted by Crippen LogP contribution is 2.44. The van der Waals surface area contributed by atoms with E-state index in [4.69, 9.17) is 4.74 Å². The molecule has 0 aromatic carbocycles. The average molecular weight is 226 g/mol. The molecule has 1 aliphatic rings. The van der Waals surface area contributed by atoms with Gasteiger partial charge in [0.25, 0.3) is 0 Å². The molecule has 1 heterocycles. The number of thiazole rings is 1. The molecular weight excluding hydrogens is 208 g/mol. The second-order valence-electron chi connectivity index (χ2n) is 3.92. The summed E-state index contributed by atoms with van der Waals surface area (Å²) in [7, 11) is 1.94. The van der Waals surface area contributed by atoms with Crippen LogP contribution in [0.2, 0.25) is 0 Å². The quantitative estimate of drug-likeness (QED) is 0.808. The van der Waals surface area contributed by atoms with Gasteiger partial charge in [0, 0.05) is 18.5 Å². The summed E-state index contributed by atoms with van der Waals surface area (Å²) in [4.78, 5) is 4.61. The zero-order chi connectivity index (χ0) is 10.7. The van der Waals surface area contributed by atoms with E-state index in [0.29, 0.717) is 0 Å². The molecule has 0 spiro atoms. The third kappa shape index (κ3) is 2.77. The van der Waals surface area contributed by atoms with Gasteiger partial charge in [-0.2, -0.15) is 0 Å². The lowest BCUT2D eigenvalue weighted by Gasteiger charge is -2.12. The molecule has 1 fully saturated rings. The van der Waals surface area contributed by atoms with Gasteiger partial charge < -0.3 is 10.1 Å². The molecule has 1 aliphatic carbocycles. The fraction of sp³-hybridized carbons (Fsp3) is 0.727. The number of rotatable bonds is 6. The van der Waals surface area contributed by atoms with Crippen molar-refractivity contribution >= 4 is 11.3 Å². The van der Waals surface area contributed by atoms with Gasteiger partial charge in [-0.1, -0.05) is 0 Å². The van der Waals surface area contributed by atoms with Crippen LogP contribution in [0.1, 0.15) is 36.6 Å². The second kappa shape index (κ2) is 5.05. The van der Waals surface area contributed by atoms with Gasteiger partial charge in [-0.3, -0.25) is 0 Å². The lowest BCUT2D eigenvalue weighted by Crippen LogP contribution is -2.08. The molecule has 1 N–H and O–H groups in total. The standard InChI is InChI=1S/C11H18N2OS/c1-3-14-10(8-4-5-8)11-13-9(6-12-2)7-15-11/h7-8,10,12H,3-6H2,1-2H3. The molecule has 15 heavy (non-hydrogen) atoms. The highest BCUT2D eigenvalue weighted by molar-refractivity contribution is 7.09. The van der Waals surface area contributed by atoms with Gasteiger partial charge in [-0.25, -0.2) is 4.98 Å². The third-order valence-corrected chi connectivity index (χ3v) is 3.52. The number of hydrogen-bond acceptors (Lipinski definition) is 4. The van der Waals surface area contributed by atoms with E-state index in [-0.39, 0.29) is 6.10 Å². The Morgan fingerprint density at radius 2 is 2.47 bits per heavy atom. The summed E-state index contributed by atoms with van der Waals surface area (Å²) in [6.07, 6.45) is 2.85. The molecule has 0 aliphatic heterocycles. The summed E-state index contributed by atoms with van der Waals surface area (Å²) in [5, 5.41) is 6.40. The number of hydrogen-bond donors (Lipinski definition) is 1. The molecule has 1 atom stereocenters. The van der Waals surface area contributed by atoms with Crippen molar-refractivity contribution in [1.29, 1.82) is 0 Å². The Labute approximate surface area is 94.9 Å². The fourth-order valence-corrected chi connectivity index (χ4v) is 2.66. The molecule has 0 radical (unpaired) electrons. The maximum absolute atomic E-state index is 5.77. The molecular formula is C11H18N2OS. The topological polar surface area (TPSA) is 34.1 Å². The fourth-order valence-electron chi connectivity index (χ4n) is 1.70. The Hall–Kier alpha value is -0.450. The van der Waals surface area contributed by atoms with Crippen LogP contribution in [-0.4, -0.2) is 18.6 Å². The first-order valence-corrected chi connectivity index (χ1v) is 6.43. The molecule has 2 rings (SSSR count). The van der Waals surface area contributed by atoms with Crippen molar-refractivity contribution in [1.82, 2.24) is 10.3 Å². The molecule has 4 heteroatoms. The van der Waals surface area contributed by atoms with Crippen molar-refractivity contribution in [2.75, 3.05) is 13.7 Å². The first kappa shape index (κ1) is 11.0. The maximum atomic E-state index is 5.77. The summed E-state index contributed by atoms with van der Waals surface area (Å²) in [6.45, 7) is 3.68. The van der Waals surface area contributed by atoms with Crippen LogP contribution < -0.4 is 5.32 Å². The SMILES string of the molecule is CCOC(c1nc(CNC)cs1)C1CC1. The monoisotopic (exact) mass is 226 g/mol. The van der Waals surface area contributed by atoms with E-state index in [0.717, 1.165) is 29.8 Å². The molecule has 84 valence electrons. The zero-order valence-electron chi connectivity index (χ0n) is 9.32. The van der Waals surface area contributed by atoms with E-state index in [1.165, 1.54) is 12.8 Å². The summed E-state index contributed by atoms with van der Waals surface area (Å²) in [5.74, 6) is 0.721. The normalized spacial score (nSPS) is 18.0. The van der Waals surface area contributed by atoms with Crippen LogP contribution in [0.15, 0.2) is 5.38 Å². The summed E-state index contributed by atoms with van der Waals surface area (Å²) in [6, 6.07) is 0. The van der Waals surface area contributed by atoms with Crippen LogP contribution in [0.5, 0.6) is 0 Å². The van der Waals surface area contributed by atoms with Gasteiger partial charge in [0.15, 0.2) is 0 Å². The molecule has 0 amide bonds. The van der Waals surface area contributed by atoms with Crippen LogP contribution >= 0.6 is 11.3 Å². The molecule has 1 aromatic rings. The van der Waals surface area contributed by atoms with Gasteiger partial charge in [-0.05, 0) is 32.7 Å². The molecule has 0 saturated heterocycles. The van der Waals surface area contributed by atoms with Gasteiger partial charge in [-0.15, -0.1) is 11.3 Å². The highest BCUT2D eigenvalue weighted by atomic mass is 32.1. The van der Waals surface area contributed by atoms with Gasteiger partial charge in [0.2, 0.25) is 0 Å². The summed E-state index contributed by atoms with van der Waals surface area (Å²) < 4.78 is 5.77. The van der Waals surface area contributed by atoms with Crippen LogP contribution in [0.3, 0.4) is 0 Å². The molecule has 1 aromatic heterocycles. The second-order valence-corrected chi connectivity index (χ2v) is 4.81. The summed E-state index contributed by atoms with van der Waals surface area (Å²) in [5.41, 5.74) is 1.13. The van der Waals surface area contributed by atoms with Gasteiger partial charge in [0.05, 0.1) is 5.69 Å². The van der Waals surface area contributed by atoms with Crippen molar-refractivity contribution in [2.45, 2.75) is 32.4 Å². The Morgan fingerprint density at radius 1 is 1.67 bits per heavy atom. The first-order valence-electron chi connectivity index (χ1n) is 5.55. The Kier molecular flexibility index (Phi) is 3.72. The van der Waals surface area contributed by atoms with Crippen LogP contribution in [0.4, 0.5) is 0 Å². The third-order valence-electron chi connectivity index (χ3n) is 2.57. The van der Waals surface area contributed by atoms with E-state index in [9.17, 15) is 0 Å². The smallest absolute Gasteiger partial charge is 0.122 e. The van der Waals surface area contributed by atoms with Crippen molar-refractivity contribution in [3.63, 3.8) is 0 Å². The minimum atomic E-state index is 0.255. The van der Waals surface area contributed by atoms with E-state index in [1.807, 2.05) is 7.05 Å². The lowest BCUT2D eigenvalue weighted by atomic mass is 10.2. The minimum absolute atomic E-state index is 0.255. The number of aromatic nitrogens is 1. The molecule has 0 bridgehead atoms. The Morgan fingerprint density at radius 3 is 3.07 bits per heavy atom. The predicted octanol–water partition coefficient (Wildman–Crippen LogP) is 2.35. The number of nitrogens with zero attached hydrogens (tertiary/aromatic N) is 1. The van der Waals surface area contributed by atoms with Gasteiger partial charge in [0.1, 0.15) is 11.1 Å². The van der Waals surface area contributed by atoms with Crippen LogP contribution in [-0.2, 0) is 11.3 Å². The molecule has 1 saturated carbocycles. The summed E-state index contributed by atoms with van der Waals surface area (Å²) >= 11 is 1.73. The minimum Gasteiger partial charge on any atom is -0.371 e. The largest absolute Gasteiger partial charge is 0.371 e. The van der Waals surface area contributed by atoms with Crippen LogP contribution in [0.25, 0.3) is 0 Å². The van der Waals surface area contributed by atoms with Gasteiger partial charge >= 0.3 is 0 Å². The molecule has 1 unspecified atom stereocenters. The highest BCUT2D eigenvalue weighted by Gasteiger charge is 2.34. The van der Waals surface area contributed by atoms with Crippen molar-refractivity contribution in [2.24, 2.45) is 5.92 Å². The maximum Gasteiger partial charge on any atom is 0.122 e. The van der Waals surface area contributed by atoms with E-state index < -0.39 is 0 Å². The lowest BCUT2D eigenvalue weighted by molar-refractivity contribution is 0.0461. The molecule has 3 nitrogen and oxygen atoms in total. The number of nitrogens with one attached hydrogen (secondary N) is 1. The predicted molar refractivity (Wildman–Crippen MR) is 62.0 cm³/mol. The Bertz CT molecular complexity index is 309. The average Bonchev–Trinajstić information content (AvgIpc) is 2.96. The Balaban J connectivity index is 2.04. The van der Waals surface area contributed by atoms with Crippen molar-refractivity contribution < 1.29 is 4.74 Å².